The summed E-state index contributed by atoms with van der Waals surface area (Å²) in [7, 11) is 1.54. The number of ether oxygens (including phenoxy) is 4. The molecule has 57 heavy (non-hydrogen) atoms. The predicted molar refractivity (Wildman–Crippen MR) is 213 cm³/mol. The minimum Gasteiger partial charge on any atom is -0.507 e. The van der Waals surface area contributed by atoms with E-state index in [2.05, 4.69) is 5.32 Å². The molecule has 1 aliphatic carbocycles. The van der Waals surface area contributed by atoms with E-state index in [-0.39, 0.29) is 63.2 Å². The molecule has 14 heteroatoms. The van der Waals surface area contributed by atoms with Crippen LogP contribution in [0.3, 0.4) is 0 Å². The van der Waals surface area contributed by atoms with Crippen LogP contribution in [0.25, 0.3) is 10.8 Å². The number of rotatable bonds is 2. The van der Waals surface area contributed by atoms with E-state index in [1.807, 2.05) is 6.92 Å². The molecular weight excluding hydrogens is 732 g/mol. The molecule has 6 N–H and O–H groups in total. The molecule has 9 atom stereocenters. The minimum absolute atomic E-state index is 0.00602. The molecule has 0 radical (unpaired) electrons. The first-order valence-corrected chi connectivity index (χ1v) is 20.0. The lowest BCUT2D eigenvalue weighted by molar-refractivity contribution is -0.163. The van der Waals surface area contributed by atoms with Gasteiger partial charge in [-0.15, -0.1) is 0 Å². The summed E-state index contributed by atoms with van der Waals surface area (Å²) in [6.07, 6.45) is 5.99. The fourth-order valence-corrected chi connectivity index (χ4v) is 9.03. The number of methoxy groups -OCH3 is 1. The number of hydrogen-bond donors (Lipinski definition) is 6. The number of aliphatic hydroxyl groups excluding tert-OH is 2. The topological polar surface area (TPSA) is 213 Å². The zero-order valence-electron chi connectivity index (χ0n) is 34.4. The minimum atomic E-state index is -1.63. The molecule has 14 nitrogen and oxygen atoms in total. The Hall–Kier alpha value is -4.37. The molecule has 1 fully saturated rings. The van der Waals surface area contributed by atoms with Crippen LogP contribution >= 0.6 is 0 Å². The Kier molecular flexibility index (Phi) is 11.9. The second-order valence-corrected chi connectivity index (χ2v) is 16.6. The third-order valence-electron chi connectivity index (χ3n) is 12.6. The van der Waals surface area contributed by atoms with Crippen LogP contribution in [-0.2, 0) is 23.8 Å². The van der Waals surface area contributed by atoms with E-state index in [1.165, 1.54) is 6.92 Å². The molecule has 1 spiro atoms. The van der Waals surface area contributed by atoms with E-state index in [1.54, 1.807) is 66.9 Å². The Balaban J connectivity index is 1.52. The van der Waals surface area contributed by atoms with E-state index < -0.39 is 77.2 Å². The zero-order valence-corrected chi connectivity index (χ0v) is 34.4. The quantitative estimate of drug-likeness (QED) is 0.177. The van der Waals surface area contributed by atoms with Gasteiger partial charge >= 0.3 is 5.97 Å². The van der Waals surface area contributed by atoms with Crippen molar-refractivity contribution < 1.29 is 49.0 Å². The van der Waals surface area contributed by atoms with E-state index in [4.69, 9.17) is 28.9 Å². The molecule has 310 valence electrons. The first kappa shape index (κ1) is 42.2. The fraction of sp³-hybridized carbons (Fsp3) is 0.605. The van der Waals surface area contributed by atoms with Crippen molar-refractivity contribution in [2.45, 2.75) is 130 Å². The lowest BCUT2D eigenvalue weighted by Crippen LogP contribution is -2.47. The van der Waals surface area contributed by atoms with Crippen molar-refractivity contribution >= 4 is 34.0 Å². The first-order valence-electron chi connectivity index (χ1n) is 20.0. The number of nitrogens with zero attached hydrogens (tertiary/aromatic N) is 2. The molecule has 3 heterocycles. The second kappa shape index (κ2) is 16.1. The maximum Gasteiger partial charge on any atom is 0.302 e. The predicted octanol–water partition coefficient (Wildman–Crippen LogP) is 5.02. The van der Waals surface area contributed by atoms with Crippen molar-refractivity contribution in [1.82, 2.24) is 0 Å². The second-order valence-electron chi connectivity index (χ2n) is 16.6. The van der Waals surface area contributed by atoms with Crippen LogP contribution in [0.2, 0.25) is 0 Å². The van der Waals surface area contributed by atoms with Crippen molar-refractivity contribution in [1.29, 1.82) is 5.41 Å². The van der Waals surface area contributed by atoms with Gasteiger partial charge in [-0.2, -0.15) is 0 Å². The van der Waals surface area contributed by atoms with Gasteiger partial charge in [0, 0.05) is 61.2 Å². The molecule has 4 bridgehead atoms. The average Bonchev–Trinajstić information content (AvgIpc) is 3.67. The number of amides is 1. The maximum atomic E-state index is 13.8. The molecule has 0 aromatic heterocycles. The number of carbonyl (C=O) groups is 2. The zero-order chi connectivity index (χ0) is 41.7. The van der Waals surface area contributed by atoms with Crippen LogP contribution in [0.1, 0.15) is 98.1 Å². The molecule has 0 saturated heterocycles. The summed E-state index contributed by atoms with van der Waals surface area (Å²) >= 11 is 0. The van der Waals surface area contributed by atoms with Gasteiger partial charge < -0.3 is 44.7 Å². The summed E-state index contributed by atoms with van der Waals surface area (Å²) in [5, 5.41) is 60.0. The number of allylic oxidation sites excluding steroid dienone is 2. The SMILES string of the molecule is CO[C@H]1CCO[C@@]2(C)Oc3c(C)c(O)c4c(O)c(c5c(c4c3C2=N)=NC2(CCCCC2)N=5)NC(=O)/C(C)=C\C=C\[C@H](C)[C@H](O)[C@@H](C)[C@@H](O)[C@@H](C)[C@H](OC(C)=O)[C@@H]1C. The summed E-state index contributed by atoms with van der Waals surface area (Å²) in [6.45, 7) is 13.4. The number of fused-ring (bicyclic) bond motifs is 1. The number of carbonyl (C=O) groups excluding carboxylic acids is 2. The smallest absolute Gasteiger partial charge is 0.302 e. The number of phenolic OH excluding ortho intramolecular Hbond substituents is 2. The number of anilines is 1. The molecule has 1 amide bonds. The molecule has 1 saturated carbocycles. The van der Waals surface area contributed by atoms with Crippen LogP contribution < -0.4 is 20.8 Å². The highest BCUT2D eigenvalue weighted by Gasteiger charge is 2.47. The summed E-state index contributed by atoms with van der Waals surface area (Å²) in [6, 6.07) is 0. The van der Waals surface area contributed by atoms with E-state index in [0.717, 1.165) is 19.3 Å². The van der Waals surface area contributed by atoms with Gasteiger partial charge in [-0.05, 0) is 46.0 Å². The van der Waals surface area contributed by atoms with Crippen LogP contribution in [0, 0.1) is 36.0 Å². The highest BCUT2D eigenvalue weighted by Crippen LogP contribution is 2.50. The molecule has 0 unspecified atom stereocenters. The van der Waals surface area contributed by atoms with Gasteiger partial charge in [0.25, 0.3) is 11.7 Å². The maximum absolute atomic E-state index is 13.8. The molecule has 2 aromatic carbocycles. The van der Waals surface area contributed by atoms with Crippen molar-refractivity contribution in [3.05, 3.63) is 45.6 Å². The van der Waals surface area contributed by atoms with Crippen molar-refractivity contribution in [2.75, 3.05) is 19.0 Å². The Morgan fingerprint density at radius 1 is 0.965 bits per heavy atom. The van der Waals surface area contributed by atoms with Crippen LogP contribution in [0.5, 0.6) is 17.2 Å². The normalized spacial score (nSPS) is 33.5. The molecule has 6 rings (SSSR count). The Labute approximate surface area is 333 Å². The number of phenols is 2. The highest BCUT2D eigenvalue weighted by molar-refractivity contribution is 6.20. The number of benzene rings is 2. The van der Waals surface area contributed by atoms with Gasteiger partial charge in [0.05, 0.1) is 41.2 Å². The number of aliphatic hydroxyl groups is 2. The van der Waals surface area contributed by atoms with Crippen LogP contribution in [0.4, 0.5) is 5.69 Å². The van der Waals surface area contributed by atoms with Gasteiger partial charge in [-0.1, -0.05) is 52.3 Å². The molecular formula is C43H58N4O10. The highest BCUT2D eigenvalue weighted by atomic mass is 16.7. The summed E-state index contributed by atoms with van der Waals surface area (Å²) in [5.41, 5.74) is -0.0323. The lowest BCUT2D eigenvalue weighted by Gasteiger charge is -2.38. The van der Waals surface area contributed by atoms with Crippen molar-refractivity contribution in [3.8, 4) is 17.2 Å². The molecule has 3 aliphatic heterocycles. The fourth-order valence-electron chi connectivity index (χ4n) is 9.03. The van der Waals surface area contributed by atoms with Crippen LogP contribution in [0.15, 0.2) is 33.8 Å². The Bertz CT molecular complexity index is 2140. The van der Waals surface area contributed by atoms with E-state index >= 15 is 0 Å². The standard InChI is InChI=1S/C43H58N4O10/c1-20-14-13-15-21(2)41(53)45-33-32-31(46-43(47-32)17-11-10-12-18-43)28-29(37(33)52)36(51)25(6)39-30(28)40(44)42(8,57-39)55-19-16-27(54-9)22(3)38(56-26(7)48)24(5)35(50)23(4)34(20)49/h13-15,20,22-24,27,34-35,38,44,49-52H,10-12,16-19H2,1-9H3,(H,45,53)/b14-13+,21-15-,44-40?/t20-,22+,23+,24+,27-,34-,35+,38+,42-/m0/s1. The molecule has 2 aromatic rings. The van der Waals surface area contributed by atoms with Gasteiger partial charge in [0.2, 0.25) is 0 Å². The van der Waals surface area contributed by atoms with E-state index in [0.29, 0.717) is 23.8 Å². The largest absolute Gasteiger partial charge is 0.507 e. The molecule has 4 aliphatic rings. The Morgan fingerprint density at radius 3 is 2.28 bits per heavy atom. The van der Waals surface area contributed by atoms with Gasteiger partial charge in [0.15, 0.2) is 11.4 Å². The third kappa shape index (κ3) is 7.57. The Morgan fingerprint density at radius 2 is 1.63 bits per heavy atom. The van der Waals surface area contributed by atoms with Gasteiger partial charge in [-0.3, -0.25) is 25.0 Å². The summed E-state index contributed by atoms with van der Waals surface area (Å²) in [4.78, 5) is 36.4. The van der Waals surface area contributed by atoms with Crippen molar-refractivity contribution in [2.24, 2.45) is 33.7 Å². The first-order chi connectivity index (χ1) is 26.9. The number of hydrogen-bond acceptors (Lipinski definition) is 13. The lowest BCUT2D eigenvalue weighted by atomic mass is 9.78. The monoisotopic (exact) mass is 790 g/mol. The average molecular weight is 791 g/mol. The number of esters is 1. The van der Waals surface area contributed by atoms with Gasteiger partial charge in [0.1, 0.15) is 34.4 Å². The van der Waals surface area contributed by atoms with Crippen LogP contribution in [-0.4, -0.2) is 87.6 Å². The number of nitrogens with one attached hydrogen (secondary N) is 2. The summed E-state index contributed by atoms with van der Waals surface area (Å²) in [5.74, 6) is -5.31. The van der Waals surface area contributed by atoms with Crippen molar-refractivity contribution in [3.63, 3.8) is 0 Å². The summed E-state index contributed by atoms with van der Waals surface area (Å²) < 4.78 is 24.5. The number of aromatic hydroxyl groups is 2. The van der Waals surface area contributed by atoms with Gasteiger partial charge in [-0.25, -0.2) is 0 Å². The third-order valence-corrected chi connectivity index (χ3v) is 12.6. The van der Waals surface area contributed by atoms with E-state index in [9.17, 15) is 35.4 Å².